The third-order valence-corrected chi connectivity index (χ3v) is 4.50. The minimum atomic E-state index is 0.261. The average molecular weight is 280 g/mol. The zero-order valence-electron chi connectivity index (χ0n) is 13.0. The summed E-state index contributed by atoms with van der Waals surface area (Å²) in [5, 5.41) is 3.66. The van der Waals surface area contributed by atoms with E-state index in [1.54, 1.807) is 11.1 Å². The van der Waals surface area contributed by atoms with Crippen molar-refractivity contribution in [1.29, 1.82) is 0 Å². The molecule has 0 radical (unpaired) electrons. The Hall–Kier alpha value is -1.67. The summed E-state index contributed by atoms with van der Waals surface area (Å²) in [6.45, 7) is 4.42. The Morgan fingerprint density at radius 2 is 1.76 bits per heavy atom. The summed E-state index contributed by atoms with van der Waals surface area (Å²) >= 11 is 0. The summed E-state index contributed by atoms with van der Waals surface area (Å²) in [5.74, 6) is 0. The molecule has 1 aliphatic rings. The molecule has 2 heteroatoms. The summed E-state index contributed by atoms with van der Waals surface area (Å²) in [6.07, 6.45) is 7.03. The highest BCUT2D eigenvalue weighted by molar-refractivity contribution is 5.35. The van der Waals surface area contributed by atoms with Crippen LogP contribution in [-0.2, 0) is 12.8 Å². The maximum absolute atomic E-state index is 4.43. The topological polar surface area (TPSA) is 24.9 Å². The van der Waals surface area contributed by atoms with Crippen LogP contribution < -0.4 is 5.32 Å². The lowest BCUT2D eigenvalue weighted by Crippen LogP contribution is -2.23. The first-order valence-corrected chi connectivity index (χ1v) is 8.03. The van der Waals surface area contributed by atoms with Gasteiger partial charge in [0.15, 0.2) is 0 Å². The number of rotatable bonds is 4. The standard InChI is InChI=1S/C19H24N2/c1-14(21-15(2)19-9-5-6-12-20-19)17-11-10-16-7-3-4-8-18(16)13-17/h5-6,9-15,21H,3-4,7-8H2,1-2H3. The second-order valence-corrected chi connectivity index (χ2v) is 6.10. The Bertz CT molecular complexity index is 592. The van der Waals surface area contributed by atoms with Gasteiger partial charge in [-0.3, -0.25) is 4.98 Å². The lowest BCUT2D eigenvalue weighted by atomic mass is 9.89. The number of aryl methyl sites for hydroxylation is 2. The molecule has 0 bridgehead atoms. The fourth-order valence-electron chi connectivity index (χ4n) is 3.21. The highest BCUT2D eigenvalue weighted by atomic mass is 15.0. The van der Waals surface area contributed by atoms with Crippen molar-refractivity contribution in [2.24, 2.45) is 0 Å². The van der Waals surface area contributed by atoms with Crippen molar-refractivity contribution in [2.75, 3.05) is 0 Å². The van der Waals surface area contributed by atoms with Gasteiger partial charge in [0.05, 0.1) is 5.69 Å². The van der Waals surface area contributed by atoms with Crippen LogP contribution in [0.15, 0.2) is 42.6 Å². The van der Waals surface area contributed by atoms with Crippen LogP contribution in [0.4, 0.5) is 0 Å². The molecule has 2 nitrogen and oxygen atoms in total. The molecule has 2 aromatic rings. The van der Waals surface area contributed by atoms with E-state index in [9.17, 15) is 0 Å². The molecule has 0 saturated carbocycles. The van der Waals surface area contributed by atoms with E-state index in [-0.39, 0.29) is 6.04 Å². The first-order chi connectivity index (χ1) is 10.2. The quantitative estimate of drug-likeness (QED) is 0.899. The molecule has 1 N–H and O–H groups in total. The maximum atomic E-state index is 4.43. The number of aromatic nitrogens is 1. The molecule has 110 valence electrons. The first-order valence-electron chi connectivity index (χ1n) is 8.03. The van der Waals surface area contributed by atoms with Crippen LogP contribution in [-0.4, -0.2) is 4.98 Å². The highest BCUT2D eigenvalue weighted by Crippen LogP contribution is 2.25. The molecular weight excluding hydrogens is 256 g/mol. The molecule has 0 saturated heterocycles. The molecule has 1 aromatic heterocycles. The van der Waals surface area contributed by atoms with Gasteiger partial charge < -0.3 is 5.32 Å². The van der Waals surface area contributed by atoms with Gasteiger partial charge in [0.1, 0.15) is 0 Å². The van der Waals surface area contributed by atoms with Gasteiger partial charge >= 0.3 is 0 Å². The van der Waals surface area contributed by atoms with Crippen molar-refractivity contribution in [3.63, 3.8) is 0 Å². The van der Waals surface area contributed by atoms with E-state index < -0.39 is 0 Å². The van der Waals surface area contributed by atoms with Gasteiger partial charge in [0.2, 0.25) is 0 Å². The normalized spacial score (nSPS) is 17.0. The van der Waals surface area contributed by atoms with Crippen LogP contribution in [0.2, 0.25) is 0 Å². The molecule has 1 aliphatic carbocycles. The minimum absolute atomic E-state index is 0.261. The molecule has 0 aliphatic heterocycles. The molecule has 2 unspecified atom stereocenters. The molecule has 1 aromatic carbocycles. The van der Waals surface area contributed by atoms with Crippen LogP contribution in [0, 0.1) is 0 Å². The van der Waals surface area contributed by atoms with Gasteiger partial charge in [-0.25, -0.2) is 0 Å². The van der Waals surface area contributed by atoms with Crippen LogP contribution >= 0.6 is 0 Å². The van der Waals surface area contributed by atoms with E-state index in [0.29, 0.717) is 6.04 Å². The van der Waals surface area contributed by atoms with Crippen molar-refractivity contribution in [3.8, 4) is 0 Å². The zero-order chi connectivity index (χ0) is 14.7. The summed E-state index contributed by atoms with van der Waals surface area (Å²) in [6, 6.07) is 13.7. The molecule has 0 spiro atoms. The summed E-state index contributed by atoms with van der Waals surface area (Å²) in [7, 11) is 0. The predicted molar refractivity (Wildman–Crippen MR) is 87.3 cm³/mol. The third kappa shape index (κ3) is 3.33. The van der Waals surface area contributed by atoms with E-state index >= 15 is 0 Å². The Labute approximate surface area is 127 Å². The Balaban J connectivity index is 1.72. The van der Waals surface area contributed by atoms with Gasteiger partial charge in [-0.05, 0) is 68.4 Å². The number of nitrogens with zero attached hydrogens (tertiary/aromatic N) is 1. The molecule has 2 atom stereocenters. The number of benzene rings is 1. The van der Waals surface area contributed by atoms with Crippen molar-refractivity contribution in [3.05, 3.63) is 65.0 Å². The Morgan fingerprint density at radius 3 is 2.52 bits per heavy atom. The zero-order valence-corrected chi connectivity index (χ0v) is 13.0. The lowest BCUT2D eigenvalue weighted by Gasteiger charge is -2.22. The fourth-order valence-corrected chi connectivity index (χ4v) is 3.21. The van der Waals surface area contributed by atoms with E-state index in [1.807, 2.05) is 18.3 Å². The highest BCUT2D eigenvalue weighted by Gasteiger charge is 2.15. The van der Waals surface area contributed by atoms with Gasteiger partial charge in [-0.15, -0.1) is 0 Å². The van der Waals surface area contributed by atoms with Crippen LogP contribution in [0.5, 0.6) is 0 Å². The number of fused-ring (bicyclic) bond motifs is 1. The number of nitrogens with one attached hydrogen (secondary N) is 1. The molecule has 21 heavy (non-hydrogen) atoms. The van der Waals surface area contributed by atoms with Gasteiger partial charge in [-0.1, -0.05) is 24.3 Å². The van der Waals surface area contributed by atoms with Crippen molar-refractivity contribution in [1.82, 2.24) is 10.3 Å². The van der Waals surface area contributed by atoms with Crippen LogP contribution in [0.25, 0.3) is 0 Å². The van der Waals surface area contributed by atoms with Crippen LogP contribution in [0.1, 0.15) is 61.2 Å². The van der Waals surface area contributed by atoms with Crippen molar-refractivity contribution >= 4 is 0 Å². The second kappa shape index (κ2) is 6.40. The molecule has 0 amide bonds. The van der Waals surface area contributed by atoms with E-state index in [1.165, 1.54) is 31.2 Å². The third-order valence-electron chi connectivity index (χ3n) is 4.50. The number of pyridine rings is 1. The average Bonchev–Trinajstić information content (AvgIpc) is 2.55. The summed E-state index contributed by atoms with van der Waals surface area (Å²) < 4.78 is 0. The lowest BCUT2D eigenvalue weighted by molar-refractivity contribution is 0.485. The predicted octanol–water partition coefficient (Wildman–Crippen LogP) is 4.37. The molecule has 1 heterocycles. The van der Waals surface area contributed by atoms with Gasteiger partial charge in [0, 0.05) is 18.3 Å². The van der Waals surface area contributed by atoms with Gasteiger partial charge in [-0.2, -0.15) is 0 Å². The van der Waals surface area contributed by atoms with Crippen molar-refractivity contribution < 1.29 is 0 Å². The summed E-state index contributed by atoms with van der Waals surface area (Å²) in [5.41, 5.74) is 5.59. The van der Waals surface area contributed by atoms with Crippen LogP contribution in [0.3, 0.4) is 0 Å². The second-order valence-electron chi connectivity index (χ2n) is 6.10. The molecule has 0 fully saturated rings. The summed E-state index contributed by atoms with van der Waals surface area (Å²) in [4.78, 5) is 4.43. The van der Waals surface area contributed by atoms with E-state index in [4.69, 9.17) is 0 Å². The minimum Gasteiger partial charge on any atom is -0.302 e. The maximum Gasteiger partial charge on any atom is 0.0570 e. The van der Waals surface area contributed by atoms with E-state index in [0.717, 1.165) is 5.69 Å². The van der Waals surface area contributed by atoms with Gasteiger partial charge in [0.25, 0.3) is 0 Å². The molecular formula is C19H24N2. The smallest absolute Gasteiger partial charge is 0.0570 e. The van der Waals surface area contributed by atoms with E-state index in [2.05, 4.69) is 48.4 Å². The Morgan fingerprint density at radius 1 is 0.952 bits per heavy atom. The SMILES string of the molecule is CC(NC(C)c1ccccn1)c1ccc2c(c1)CCCC2. The Kier molecular flexibility index (Phi) is 4.35. The fraction of sp³-hybridized carbons (Fsp3) is 0.421. The first kappa shape index (κ1) is 14.3. The molecule has 3 rings (SSSR count). The van der Waals surface area contributed by atoms with Crippen molar-refractivity contribution in [2.45, 2.75) is 51.6 Å². The monoisotopic (exact) mass is 280 g/mol. The number of hydrogen-bond acceptors (Lipinski definition) is 2. The number of hydrogen-bond donors (Lipinski definition) is 1. The largest absolute Gasteiger partial charge is 0.302 e.